The monoisotopic (exact) mass is 254 g/mol. The van der Waals surface area contributed by atoms with Crippen LogP contribution in [0.4, 0.5) is 0 Å². The highest BCUT2D eigenvalue weighted by Gasteiger charge is 2.37. The summed E-state index contributed by atoms with van der Waals surface area (Å²) in [5.41, 5.74) is 6.60. The van der Waals surface area contributed by atoms with Crippen LogP contribution < -0.4 is 5.73 Å². The number of ether oxygens (including phenoxy) is 1. The Morgan fingerprint density at radius 3 is 2.82 bits per heavy atom. The van der Waals surface area contributed by atoms with Crippen molar-refractivity contribution in [2.24, 2.45) is 5.73 Å². The molecule has 0 spiro atoms. The lowest BCUT2D eigenvalue weighted by Crippen LogP contribution is -2.32. The summed E-state index contributed by atoms with van der Waals surface area (Å²) in [6.45, 7) is 3.52. The zero-order valence-corrected chi connectivity index (χ0v) is 11.4. The maximum absolute atomic E-state index is 6.06. The molecule has 1 aliphatic rings. The molecule has 4 heteroatoms. The molecule has 17 heavy (non-hydrogen) atoms. The van der Waals surface area contributed by atoms with Gasteiger partial charge in [-0.2, -0.15) is 0 Å². The molecule has 0 bridgehead atoms. The van der Waals surface area contributed by atoms with Crippen molar-refractivity contribution >= 4 is 11.3 Å². The second kappa shape index (κ2) is 5.94. The molecule has 1 saturated carbocycles. The minimum Gasteiger partial charge on any atom is -0.368 e. The third kappa shape index (κ3) is 2.87. The largest absolute Gasteiger partial charge is 0.368 e. The number of nitrogens with zero attached hydrogens (tertiary/aromatic N) is 1. The van der Waals surface area contributed by atoms with Gasteiger partial charge in [0.1, 0.15) is 10.6 Å². The Morgan fingerprint density at radius 1 is 1.41 bits per heavy atom. The SMILES string of the molecule is CCOC1(c2nc(CCN)cs2)CCCCC1. The van der Waals surface area contributed by atoms with Crippen LogP contribution in [0, 0.1) is 0 Å². The molecular weight excluding hydrogens is 232 g/mol. The molecule has 1 aromatic heterocycles. The molecule has 1 aliphatic carbocycles. The van der Waals surface area contributed by atoms with Crippen LogP contribution in [-0.2, 0) is 16.8 Å². The second-order valence-electron chi connectivity index (χ2n) is 4.67. The van der Waals surface area contributed by atoms with E-state index < -0.39 is 0 Å². The molecule has 1 fully saturated rings. The lowest BCUT2D eigenvalue weighted by Gasteiger charge is -2.35. The van der Waals surface area contributed by atoms with Gasteiger partial charge in [-0.1, -0.05) is 19.3 Å². The van der Waals surface area contributed by atoms with Crippen LogP contribution in [0.15, 0.2) is 5.38 Å². The van der Waals surface area contributed by atoms with Crippen LogP contribution in [0.5, 0.6) is 0 Å². The van der Waals surface area contributed by atoms with Crippen molar-refractivity contribution in [3.05, 3.63) is 16.1 Å². The molecule has 2 rings (SSSR count). The maximum atomic E-state index is 6.06. The van der Waals surface area contributed by atoms with Crippen LogP contribution in [0.3, 0.4) is 0 Å². The topological polar surface area (TPSA) is 48.1 Å². The van der Waals surface area contributed by atoms with Gasteiger partial charge in [0.2, 0.25) is 0 Å². The predicted molar refractivity (Wildman–Crippen MR) is 71.3 cm³/mol. The van der Waals surface area contributed by atoms with Gasteiger partial charge in [0, 0.05) is 18.4 Å². The summed E-state index contributed by atoms with van der Waals surface area (Å²) in [5.74, 6) is 0. The van der Waals surface area contributed by atoms with E-state index in [9.17, 15) is 0 Å². The number of hydrogen-bond acceptors (Lipinski definition) is 4. The normalized spacial score (nSPS) is 19.4. The van der Waals surface area contributed by atoms with Gasteiger partial charge < -0.3 is 10.5 Å². The lowest BCUT2D eigenvalue weighted by atomic mass is 9.85. The zero-order chi connectivity index (χ0) is 12.1. The fourth-order valence-electron chi connectivity index (χ4n) is 2.60. The van der Waals surface area contributed by atoms with E-state index in [0.717, 1.165) is 31.6 Å². The van der Waals surface area contributed by atoms with E-state index in [-0.39, 0.29) is 5.60 Å². The predicted octanol–water partition coefficient (Wildman–Crippen LogP) is 2.84. The van der Waals surface area contributed by atoms with Gasteiger partial charge in [0.25, 0.3) is 0 Å². The van der Waals surface area contributed by atoms with Crippen molar-refractivity contribution in [2.75, 3.05) is 13.2 Å². The first-order chi connectivity index (χ1) is 8.30. The number of thiazole rings is 1. The van der Waals surface area contributed by atoms with Crippen LogP contribution in [-0.4, -0.2) is 18.1 Å². The first kappa shape index (κ1) is 13.0. The highest BCUT2D eigenvalue weighted by Crippen LogP contribution is 2.41. The quantitative estimate of drug-likeness (QED) is 0.879. The van der Waals surface area contributed by atoms with Gasteiger partial charge in [-0.05, 0) is 26.3 Å². The minimum atomic E-state index is -0.0927. The average Bonchev–Trinajstić information content (AvgIpc) is 2.80. The van der Waals surface area contributed by atoms with Gasteiger partial charge in [0.05, 0.1) is 5.69 Å². The maximum Gasteiger partial charge on any atom is 0.125 e. The van der Waals surface area contributed by atoms with Crippen molar-refractivity contribution < 1.29 is 4.74 Å². The molecule has 2 N–H and O–H groups in total. The first-order valence-corrected chi connectivity index (χ1v) is 7.47. The molecule has 1 aromatic rings. The van der Waals surface area contributed by atoms with Gasteiger partial charge >= 0.3 is 0 Å². The molecule has 0 aliphatic heterocycles. The van der Waals surface area contributed by atoms with Crippen molar-refractivity contribution in [3.8, 4) is 0 Å². The Labute approximate surface area is 107 Å². The van der Waals surface area contributed by atoms with Crippen LogP contribution in [0.1, 0.15) is 49.7 Å². The van der Waals surface area contributed by atoms with Crippen molar-refractivity contribution in [3.63, 3.8) is 0 Å². The molecule has 0 unspecified atom stereocenters. The van der Waals surface area contributed by atoms with Gasteiger partial charge in [-0.3, -0.25) is 0 Å². The van der Waals surface area contributed by atoms with E-state index in [1.165, 1.54) is 24.3 Å². The molecular formula is C13H22N2OS. The Bertz CT molecular complexity index is 339. The standard InChI is InChI=1S/C13H22N2OS/c1-2-16-13(7-4-3-5-8-13)12-15-11(6-9-14)10-17-12/h10H,2-9,14H2,1H3. The average molecular weight is 254 g/mol. The number of hydrogen-bond donors (Lipinski definition) is 1. The van der Waals surface area contributed by atoms with Crippen molar-refractivity contribution in [1.29, 1.82) is 0 Å². The summed E-state index contributed by atoms with van der Waals surface area (Å²) in [6.07, 6.45) is 6.96. The number of rotatable bonds is 5. The highest BCUT2D eigenvalue weighted by molar-refractivity contribution is 7.09. The fraction of sp³-hybridized carbons (Fsp3) is 0.769. The van der Waals surface area contributed by atoms with E-state index in [2.05, 4.69) is 12.3 Å². The van der Waals surface area contributed by atoms with E-state index >= 15 is 0 Å². The van der Waals surface area contributed by atoms with Gasteiger partial charge in [-0.15, -0.1) is 11.3 Å². The summed E-state index contributed by atoms with van der Waals surface area (Å²) < 4.78 is 6.06. The lowest BCUT2D eigenvalue weighted by molar-refractivity contribution is -0.0705. The fourth-order valence-corrected chi connectivity index (χ4v) is 3.66. The van der Waals surface area contributed by atoms with Crippen LogP contribution in [0.25, 0.3) is 0 Å². The van der Waals surface area contributed by atoms with E-state index in [0.29, 0.717) is 6.54 Å². The Kier molecular flexibility index (Phi) is 4.54. The van der Waals surface area contributed by atoms with E-state index in [1.54, 1.807) is 11.3 Å². The molecule has 96 valence electrons. The molecule has 1 heterocycles. The summed E-state index contributed by atoms with van der Waals surface area (Å²) in [7, 11) is 0. The zero-order valence-electron chi connectivity index (χ0n) is 10.6. The highest BCUT2D eigenvalue weighted by atomic mass is 32.1. The Balaban J connectivity index is 2.18. The van der Waals surface area contributed by atoms with Crippen LogP contribution >= 0.6 is 11.3 Å². The summed E-state index contributed by atoms with van der Waals surface area (Å²) >= 11 is 1.74. The van der Waals surface area contributed by atoms with Crippen molar-refractivity contribution in [1.82, 2.24) is 4.98 Å². The molecule has 0 saturated heterocycles. The van der Waals surface area contributed by atoms with Gasteiger partial charge in [0.15, 0.2) is 0 Å². The van der Waals surface area contributed by atoms with Gasteiger partial charge in [-0.25, -0.2) is 4.98 Å². The van der Waals surface area contributed by atoms with Crippen molar-refractivity contribution in [2.45, 2.75) is 51.0 Å². The number of nitrogens with two attached hydrogens (primary N) is 1. The second-order valence-corrected chi connectivity index (χ2v) is 5.53. The summed E-state index contributed by atoms with van der Waals surface area (Å²) in [5, 5.41) is 3.31. The first-order valence-electron chi connectivity index (χ1n) is 6.59. The van der Waals surface area contributed by atoms with E-state index in [1.807, 2.05) is 0 Å². The third-order valence-electron chi connectivity index (χ3n) is 3.42. The molecule has 0 amide bonds. The molecule has 0 radical (unpaired) electrons. The Morgan fingerprint density at radius 2 is 2.18 bits per heavy atom. The molecule has 0 atom stereocenters. The summed E-state index contributed by atoms with van der Waals surface area (Å²) in [6, 6.07) is 0. The molecule has 3 nitrogen and oxygen atoms in total. The van der Waals surface area contributed by atoms with Crippen LogP contribution in [0.2, 0.25) is 0 Å². The Hall–Kier alpha value is -0.450. The molecule has 0 aromatic carbocycles. The van der Waals surface area contributed by atoms with E-state index in [4.69, 9.17) is 15.5 Å². The summed E-state index contributed by atoms with van der Waals surface area (Å²) in [4.78, 5) is 4.73. The number of aromatic nitrogens is 1. The minimum absolute atomic E-state index is 0.0927. The third-order valence-corrected chi connectivity index (χ3v) is 4.50. The smallest absolute Gasteiger partial charge is 0.125 e.